The highest BCUT2D eigenvalue weighted by Gasteiger charge is 2.21. The van der Waals surface area contributed by atoms with Crippen LogP contribution in [-0.4, -0.2) is 25.5 Å². The Balaban J connectivity index is 1.65. The quantitative estimate of drug-likeness (QED) is 0.910. The average Bonchev–Trinajstić information content (AvgIpc) is 3.02. The second kappa shape index (κ2) is 7.38. The number of rotatable bonds is 5. The summed E-state index contributed by atoms with van der Waals surface area (Å²) in [7, 11) is 1.58. The molecule has 0 spiro atoms. The molecule has 130 valence electrons. The fourth-order valence-electron chi connectivity index (χ4n) is 3.01. The zero-order valence-electron chi connectivity index (χ0n) is 14.5. The molecule has 3 rings (SSSR count). The van der Waals surface area contributed by atoms with Crippen LogP contribution >= 0.6 is 0 Å². The van der Waals surface area contributed by atoms with Gasteiger partial charge in [0.05, 0.1) is 19.2 Å². The van der Waals surface area contributed by atoms with E-state index in [9.17, 15) is 9.59 Å². The monoisotopic (exact) mass is 338 g/mol. The number of hydrogen-bond acceptors (Lipinski definition) is 3. The van der Waals surface area contributed by atoms with Gasteiger partial charge in [0.15, 0.2) is 0 Å². The van der Waals surface area contributed by atoms with Crippen LogP contribution in [0, 0.1) is 6.92 Å². The molecule has 0 bridgehead atoms. The fraction of sp³-hybridized carbons (Fsp3) is 0.300. The Kier molecular flexibility index (Phi) is 5.03. The Morgan fingerprint density at radius 3 is 2.60 bits per heavy atom. The largest absolute Gasteiger partial charge is 0.495 e. The van der Waals surface area contributed by atoms with Crippen molar-refractivity contribution in [2.24, 2.45) is 0 Å². The van der Waals surface area contributed by atoms with Gasteiger partial charge in [-0.1, -0.05) is 18.2 Å². The summed E-state index contributed by atoms with van der Waals surface area (Å²) in [6.45, 7) is 2.74. The maximum absolute atomic E-state index is 12.3. The van der Waals surface area contributed by atoms with E-state index < -0.39 is 0 Å². The molecule has 2 amide bonds. The predicted molar refractivity (Wildman–Crippen MR) is 98.1 cm³/mol. The van der Waals surface area contributed by atoms with E-state index in [1.807, 2.05) is 49.4 Å². The molecule has 2 aromatic carbocycles. The van der Waals surface area contributed by atoms with E-state index in [-0.39, 0.29) is 18.2 Å². The molecule has 1 N–H and O–H groups in total. The Labute approximate surface area is 147 Å². The fourth-order valence-corrected chi connectivity index (χ4v) is 3.01. The van der Waals surface area contributed by atoms with E-state index in [1.165, 1.54) is 0 Å². The molecule has 0 aromatic heterocycles. The van der Waals surface area contributed by atoms with Gasteiger partial charge in [-0.2, -0.15) is 0 Å². The molecule has 1 fully saturated rings. The van der Waals surface area contributed by atoms with Crippen molar-refractivity contribution < 1.29 is 14.3 Å². The summed E-state index contributed by atoms with van der Waals surface area (Å²) < 4.78 is 5.28. The van der Waals surface area contributed by atoms with Crippen LogP contribution in [-0.2, 0) is 16.0 Å². The summed E-state index contributed by atoms with van der Waals surface area (Å²) >= 11 is 0. The highest BCUT2D eigenvalue weighted by atomic mass is 16.5. The number of hydrogen-bond donors (Lipinski definition) is 1. The molecule has 1 saturated heterocycles. The number of aryl methyl sites for hydroxylation is 1. The Morgan fingerprint density at radius 1 is 1.20 bits per heavy atom. The normalized spacial score (nSPS) is 13.8. The Bertz CT molecular complexity index is 784. The van der Waals surface area contributed by atoms with E-state index in [4.69, 9.17) is 4.74 Å². The van der Waals surface area contributed by atoms with Crippen molar-refractivity contribution in [3.05, 3.63) is 53.6 Å². The zero-order valence-corrected chi connectivity index (χ0v) is 14.5. The number of methoxy groups -OCH3 is 1. The number of nitrogens with zero attached hydrogens (tertiary/aromatic N) is 1. The maximum atomic E-state index is 12.3. The van der Waals surface area contributed by atoms with Crippen LogP contribution in [0.15, 0.2) is 42.5 Å². The number of carbonyl (C=O) groups is 2. The second-order valence-electron chi connectivity index (χ2n) is 6.24. The number of amides is 2. The molecule has 0 aliphatic carbocycles. The van der Waals surface area contributed by atoms with Crippen LogP contribution in [0.3, 0.4) is 0 Å². The first-order valence-electron chi connectivity index (χ1n) is 8.40. The van der Waals surface area contributed by atoms with Crippen LogP contribution in [0.5, 0.6) is 5.75 Å². The average molecular weight is 338 g/mol. The maximum Gasteiger partial charge on any atom is 0.228 e. The summed E-state index contributed by atoms with van der Waals surface area (Å²) in [6, 6.07) is 13.3. The minimum atomic E-state index is -0.103. The first-order chi connectivity index (χ1) is 12.1. The summed E-state index contributed by atoms with van der Waals surface area (Å²) in [6.07, 6.45) is 1.79. The number of nitrogens with one attached hydrogen (secondary N) is 1. The van der Waals surface area contributed by atoms with Crippen molar-refractivity contribution >= 4 is 23.2 Å². The van der Waals surface area contributed by atoms with Crippen molar-refractivity contribution in [1.29, 1.82) is 0 Å². The van der Waals surface area contributed by atoms with Crippen molar-refractivity contribution in [2.45, 2.75) is 26.2 Å². The van der Waals surface area contributed by atoms with Crippen molar-refractivity contribution in [3.8, 4) is 5.75 Å². The molecule has 5 nitrogen and oxygen atoms in total. The molecule has 2 aromatic rings. The molecule has 5 heteroatoms. The van der Waals surface area contributed by atoms with E-state index in [1.54, 1.807) is 12.0 Å². The Hall–Kier alpha value is -2.82. The summed E-state index contributed by atoms with van der Waals surface area (Å²) in [5.41, 5.74) is 3.52. The van der Waals surface area contributed by atoms with E-state index in [2.05, 4.69) is 5.32 Å². The number of ether oxygens (including phenoxy) is 1. The molecule has 1 aliphatic rings. The first-order valence-corrected chi connectivity index (χ1v) is 8.40. The van der Waals surface area contributed by atoms with Crippen LogP contribution in [0.1, 0.15) is 24.0 Å². The first kappa shape index (κ1) is 17.0. The SMILES string of the molecule is COc1ccc(C)cc1NC(=O)Cc1ccc(N2CCCC2=O)cc1. The minimum absolute atomic E-state index is 0.103. The third kappa shape index (κ3) is 3.99. The lowest BCUT2D eigenvalue weighted by Gasteiger charge is -2.16. The van der Waals surface area contributed by atoms with Gasteiger partial charge in [-0.3, -0.25) is 9.59 Å². The summed E-state index contributed by atoms with van der Waals surface area (Å²) in [4.78, 5) is 25.9. The van der Waals surface area contributed by atoms with Gasteiger partial charge in [-0.05, 0) is 48.7 Å². The van der Waals surface area contributed by atoms with E-state index >= 15 is 0 Å². The summed E-state index contributed by atoms with van der Waals surface area (Å²) in [5, 5.41) is 2.90. The van der Waals surface area contributed by atoms with Gasteiger partial charge in [0, 0.05) is 18.7 Å². The third-order valence-electron chi connectivity index (χ3n) is 4.32. The standard InChI is InChI=1S/C20H22N2O3/c1-14-5-10-18(25-2)17(12-14)21-19(23)13-15-6-8-16(9-7-15)22-11-3-4-20(22)24/h5-10,12H,3-4,11,13H2,1-2H3,(H,21,23). The lowest BCUT2D eigenvalue weighted by molar-refractivity contribution is -0.117. The topological polar surface area (TPSA) is 58.6 Å². The molecule has 25 heavy (non-hydrogen) atoms. The Morgan fingerprint density at radius 2 is 1.96 bits per heavy atom. The molecular formula is C20H22N2O3. The summed E-state index contributed by atoms with van der Waals surface area (Å²) in [5.74, 6) is 0.702. The highest BCUT2D eigenvalue weighted by molar-refractivity contribution is 5.96. The van der Waals surface area contributed by atoms with Crippen LogP contribution in [0.2, 0.25) is 0 Å². The molecule has 0 unspecified atom stereocenters. The van der Waals surface area contributed by atoms with Gasteiger partial charge in [0.25, 0.3) is 0 Å². The van der Waals surface area contributed by atoms with Crippen molar-refractivity contribution in [2.75, 3.05) is 23.9 Å². The van der Waals surface area contributed by atoms with Crippen LogP contribution in [0.25, 0.3) is 0 Å². The molecular weight excluding hydrogens is 316 g/mol. The van der Waals surface area contributed by atoms with Crippen LogP contribution < -0.4 is 15.0 Å². The van der Waals surface area contributed by atoms with Gasteiger partial charge in [-0.15, -0.1) is 0 Å². The lowest BCUT2D eigenvalue weighted by atomic mass is 10.1. The third-order valence-corrected chi connectivity index (χ3v) is 4.32. The number of benzene rings is 2. The van der Waals surface area contributed by atoms with Gasteiger partial charge >= 0.3 is 0 Å². The van der Waals surface area contributed by atoms with Gasteiger partial charge in [-0.25, -0.2) is 0 Å². The van der Waals surface area contributed by atoms with Crippen LogP contribution in [0.4, 0.5) is 11.4 Å². The van der Waals surface area contributed by atoms with Crippen molar-refractivity contribution in [1.82, 2.24) is 0 Å². The molecule has 0 saturated carbocycles. The van der Waals surface area contributed by atoms with Crippen molar-refractivity contribution in [3.63, 3.8) is 0 Å². The highest BCUT2D eigenvalue weighted by Crippen LogP contribution is 2.26. The van der Waals surface area contributed by atoms with Gasteiger partial charge in [0.2, 0.25) is 11.8 Å². The van der Waals surface area contributed by atoms with E-state index in [0.29, 0.717) is 17.9 Å². The zero-order chi connectivity index (χ0) is 17.8. The molecule has 1 heterocycles. The molecule has 1 aliphatic heterocycles. The molecule has 0 atom stereocenters. The number of carbonyl (C=O) groups excluding carboxylic acids is 2. The van der Waals surface area contributed by atoms with Gasteiger partial charge < -0.3 is 15.0 Å². The minimum Gasteiger partial charge on any atom is -0.495 e. The van der Waals surface area contributed by atoms with Gasteiger partial charge in [0.1, 0.15) is 5.75 Å². The molecule has 0 radical (unpaired) electrons. The predicted octanol–water partition coefficient (Wildman–Crippen LogP) is 3.31. The number of anilines is 2. The second-order valence-corrected chi connectivity index (χ2v) is 6.24. The smallest absolute Gasteiger partial charge is 0.228 e. The van der Waals surface area contributed by atoms with E-state index in [0.717, 1.165) is 29.8 Å². The lowest BCUT2D eigenvalue weighted by Crippen LogP contribution is -2.23.